The van der Waals surface area contributed by atoms with E-state index in [2.05, 4.69) is 17.1 Å². The second-order valence-corrected chi connectivity index (χ2v) is 4.18. The molecule has 0 saturated heterocycles. The first-order valence-corrected chi connectivity index (χ1v) is 5.64. The number of nitrogens with zero attached hydrogens (tertiary/aromatic N) is 1. The van der Waals surface area contributed by atoms with Crippen molar-refractivity contribution in [1.29, 1.82) is 0 Å². The third-order valence-electron chi connectivity index (χ3n) is 2.20. The number of carbonyl (C=O) groups excluding carboxylic acids is 1. The Morgan fingerprint density at radius 1 is 1.60 bits per heavy atom. The van der Waals surface area contributed by atoms with Crippen LogP contribution in [0.5, 0.6) is 0 Å². The maximum atomic E-state index is 11.2. The molecule has 1 amide bonds. The standard InChI is InChI=1S/C10H21N3OS/c1-4-5-13(7-9(14)12-3)6-8(2)10(11)15/h8H,4-7H2,1-3H3,(H2,11,15)(H,12,14). The van der Waals surface area contributed by atoms with Crippen LogP contribution in [-0.4, -0.2) is 42.5 Å². The van der Waals surface area contributed by atoms with Gasteiger partial charge >= 0.3 is 0 Å². The molecule has 0 aliphatic carbocycles. The summed E-state index contributed by atoms with van der Waals surface area (Å²) in [7, 11) is 1.64. The number of rotatable bonds is 7. The third-order valence-corrected chi connectivity index (χ3v) is 2.61. The maximum Gasteiger partial charge on any atom is 0.233 e. The number of amides is 1. The van der Waals surface area contributed by atoms with Crippen molar-refractivity contribution in [3.05, 3.63) is 0 Å². The molecule has 0 radical (unpaired) electrons. The summed E-state index contributed by atoms with van der Waals surface area (Å²) in [6.45, 7) is 6.12. The van der Waals surface area contributed by atoms with Crippen molar-refractivity contribution in [2.45, 2.75) is 20.3 Å². The van der Waals surface area contributed by atoms with Crippen LogP contribution in [0.15, 0.2) is 0 Å². The average Bonchev–Trinajstić information content (AvgIpc) is 2.17. The van der Waals surface area contributed by atoms with Gasteiger partial charge in [-0.05, 0) is 13.0 Å². The van der Waals surface area contributed by atoms with Crippen molar-refractivity contribution in [2.75, 3.05) is 26.7 Å². The second-order valence-electron chi connectivity index (χ2n) is 3.71. The normalized spacial score (nSPS) is 12.5. The molecule has 0 rings (SSSR count). The summed E-state index contributed by atoms with van der Waals surface area (Å²) in [5.74, 6) is 0.176. The molecule has 15 heavy (non-hydrogen) atoms. The summed E-state index contributed by atoms with van der Waals surface area (Å²) in [6.07, 6.45) is 1.01. The van der Waals surface area contributed by atoms with Crippen molar-refractivity contribution >= 4 is 23.1 Å². The third kappa shape index (κ3) is 6.41. The van der Waals surface area contributed by atoms with Crippen molar-refractivity contribution in [1.82, 2.24) is 10.2 Å². The highest BCUT2D eigenvalue weighted by Crippen LogP contribution is 2.01. The van der Waals surface area contributed by atoms with E-state index in [-0.39, 0.29) is 11.8 Å². The number of nitrogens with one attached hydrogen (secondary N) is 1. The van der Waals surface area contributed by atoms with Crippen LogP contribution in [-0.2, 0) is 4.79 Å². The van der Waals surface area contributed by atoms with Crippen LogP contribution in [0.2, 0.25) is 0 Å². The quantitative estimate of drug-likeness (QED) is 0.621. The fourth-order valence-corrected chi connectivity index (χ4v) is 1.39. The molecule has 3 N–H and O–H groups in total. The minimum atomic E-state index is 0.0265. The first-order valence-electron chi connectivity index (χ1n) is 5.23. The molecular weight excluding hydrogens is 210 g/mol. The molecule has 4 nitrogen and oxygen atoms in total. The van der Waals surface area contributed by atoms with E-state index in [9.17, 15) is 4.79 Å². The van der Waals surface area contributed by atoms with Gasteiger partial charge in [-0.1, -0.05) is 26.1 Å². The van der Waals surface area contributed by atoms with Gasteiger partial charge in [0.2, 0.25) is 5.91 Å². The molecule has 0 aliphatic heterocycles. The van der Waals surface area contributed by atoms with Crippen LogP contribution in [0.1, 0.15) is 20.3 Å². The predicted molar refractivity (Wildman–Crippen MR) is 66.7 cm³/mol. The number of hydrogen-bond donors (Lipinski definition) is 2. The Morgan fingerprint density at radius 2 is 2.20 bits per heavy atom. The van der Waals surface area contributed by atoms with Gasteiger partial charge < -0.3 is 11.1 Å². The van der Waals surface area contributed by atoms with E-state index >= 15 is 0 Å². The van der Waals surface area contributed by atoms with Crippen LogP contribution in [0.3, 0.4) is 0 Å². The molecule has 0 heterocycles. The Hall–Kier alpha value is -0.680. The summed E-state index contributed by atoms with van der Waals surface area (Å²) in [4.78, 5) is 13.8. The molecule has 0 aliphatic rings. The monoisotopic (exact) mass is 231 g/mol. The zero-order valence-corrected chi connectivity index (χ0v) is 10.6. The number of carbonyl (C=O) groups is 1. The van der Waals surface area contributed by atoms with Gasteiger partial charge in [-0.3, -0.25) is 9.69 Å². The van der Waals surface area contributed by atoms with Gasteiger partial charge in [0.1, 0.15) is 0 Å². The maximum absolute atomic E-state index is 11.2. The number of likely N-dealkylation sites (N-methyl/N-ethyl adjacent to an activating group) is 1. The highest BCUT2D eigenvalue weighted by Gasteiger charge is 2.13. The largest absolute Gasteiger partial charge is 0.393 e. The Labute approximate surface area is 97.2 Å². The lowest BCUT2D eigenvalue weighted by molar-refractivity contribution is -0.121. The van der Waals surface area contributed by atoms with E-state index < -0.39 is 0 Å². The SMILES string of the molecule is CCCN(CC(=O)NC)CC(C)C(N)=S. The molecule has 0 aromatic rings. The number of nitrogens with two attached hydrogens (primary N) is 1. The Bertz CT molecular complexity index is 221. The molecule has 1 unspecified atom stereocenters. The molecule has 0 spiro atoms. The lowest BCUT2D eigenvalue weighted by atomic mass is 10.1. The smallest absolute Gasteiger partial charge is 0.233 e. The van der Waals surface area contributed by atoms with Crippen molar-refractivity contribution in [2.24, 2.45) is 11.7 Å². The summed E-state index contributed by atoms with van der Waals surface area (Å²) in [5.41, 5.74) is 5.55. The fourth-order valence-electron chi connectivity index (χ4n) is 1.31. The number of thiocarbonyl (C=S) groups is 1. The molecule has 0 bridgehead atoms. The zero-order valence-electron chi connectivity index (χ0n) is 9.75. The molecule has 88 valence electrons. The van der Waals surface area contributed by atoms with E-state index in [1.54, 1.807) is 7.05 Å². The lowest BCUT2D eigenvalue weighted by Gasteiger charge is -2.23. The second kappa shape index (κ2) is 7.59. The molecular formula is C10H21N3OS. The highest BCUT2D eigenvalue weighted by atomic mass is 32.1. The van der Waals surface area contributed by atoms with Crippen LogP contribution in [0.25, 0.3) is 0 Å². The van der Waals surface area contributed by atoms with E-state index in [1.807, 2.05) is 6.92 Å². The summed E-state index contributed by atoms with van der Waals surface area (Å²) < 4.78 is 0. The van der Waals surface area contributed by atoms with Crippen molar-refractivity contribution < 1.29 is 4.79 Å². The molecule has 0 fully saturated rings. The van der Waals surface area contributed by atoms with Crippen LogP contribution in [0.4, 0.5) is 0 Å². The van der Waals surface area contributed by atoms with Gasteiger partial charge in [0.25, 0.3) is 0 Å². The van der Waals surface area contributed by atoms with Gasteiger partial charge in [-0.2, -0.15) is 0 Å². The summed E-state index contributed by atoms with van der Waals surface area (Å²) >= 11 is 4.91. The lowest BCUT2D eigenvalue weighted by Crippen LogP contribution is -2.40. The fraction of sp³-hybridized carbons (Fsp3) is 0.800. The minimum absolute atomic E-state index is 0.0265. The highest BCUT2D eigenvalue weighted by molar-refractivity contribution is 7.80. The van der Waals surface area contributed by atoms with Crippen molar-refractivity contribution in [3.8, 4) is 0 Å². The van der Waals surface area contributed by atoms with E-state index in [0.717, 1.165) is 19.5 Å². The van der Waals surface area contributed by atoms with Crippen LogP contribution >= 0.6 is 12.2 Å². The van der Waals surface area contributed by atoms with Gasteiger partial charge in [0, 0.05) is 19.5 Å². The number of hydrogen-bond acceptors (Lipinski definition) is 3. The first-order chi connectivity index (χ1) is 7.01. The molecule has 0 saturated carbocycles. The molecule has 5 heteroatoms. The predicted octanol–water partition coefficient (Wildman–Crippen LogP) is 0.367. The van der Waals surface area contributed by atoms with E-state index in [0.29, 0.717) is 11.5 Å². The van der Waals surface area contributed by atoms with Crippen molar-refractivity contribution in [3.63, 3.8) is 0 Å². The average molecular weight is 231 g/mol. The van der Waals surface area contributed by atoms with Gasteiger partial charge in [0.05, 0.1) is 11.5 Å². The Morgan fingerprint density at radius 3 is 2.60 bits per heavy atom. The molecule has 0 aromatic heterocycles. The van der Waals surface area contributed by atoms with E-state index in [1.165, 1.54) is 0 Å². The van der Waals surface area contributed by atoms with E-state index in [4.69, 9.17) is 18.0 Å². The Balaban J connectivity index is 4.14. The van der Waals surface area contributed by atoms with Crippen LogP contribution in [0, 0.1) is 5.92 Å². The molecule has 0 aromatic carbocycles. The van der Waals surface area contributed by atoms with Crippen LogP contribution < -0.4 is 11.1 Å². The summed E-state index contributed by atoms with van der Waals surface area (Å²) in [6, 6.07) is 0. The van der Waals surface area contributed by atoms with Gasteiger partial charge in [0.15, 0.2) is 0 Å². The first kappa shape index (κ1) is 14.3. The minimum Gasteiger partial charge on any atom is -0.393 e. The topological polar surface area (TPSA) is 58.4 Å². The Kier molecular flexibility index (Phi) is 7.25. The zero-order chi connectivity index (χ0) is 11.8. The van der Waals surface area contributed by atoms with Gasteiger partial charge in [-0.15, -0.1) is 0 Å². The summed E-state index contributed by atoms with van der Waals surface area (Å²) in [5, 5.41) is 2.61. The molecule has 1 atom stereocenters. The van der Waals surface area contributed by atoms with Gasteiger partial charge in [-0.25, -0.2) is 0 Å².